The van der Waals surface area contributed by atoms with Gasteiger partial charge in [0.05, 0.1) is 13.2 Å². The van der Waals surface area contributed by atoms with Crippen molar-refractivity contribution in [1.82, 2.24) is 5.32 Å². The molecule has 4 heteroatoms. The van der Waals surface area contributed by atoms with Gasteiger partial charge in [-0.05, 0) is 37.1 Å². The highest BCUT2D eigenvalue weighted by molar-refractivity contribution is 5.47. The van der Waals surface area contributed by atoms with Gasteiger partial charge in [0, 0.05) is 31.9 Å². The first-order chi connectivity index (χ1) is 10.4. The third-order valence-corrected chi connectivity index (χ3v) is 3.90. The molecule has 118 valence electrons. The normalized spacial score (nSPS) is 15.4. The molecule has 0 aliphatic carbocycles. The number of anilines is 1. The lowest BCUT2D eigenvalue weighted by Gasteiger charge is -2.28. The van der Waals surface area contributed by atoms with E-state index in [0.29, 0.717) is 6.61 Å². The van der Waals surface area contributed by atoms with Crippen molar-refractivity contribution in [3.8, 4) is 0 Å². The van der Waals surface area contributed by atoms with Crippen molar-refractivity contribution < 1.29 is 9.84 Å². The number of nitrogens with one attached hydrogen (secondary N) is 1. The summed E-state index contributed by atoms with van der Waals surface area (Å²) in [6.45, 7) is 5.96. The highest BCUT2D eigenvalue weighted by Crippen LogP contribution is 2.16. The quantitative estimate of drug-likeness (QED) is 0.685. The lowest BCUT2D eigenvalue weighted by Crippen LogP contribution is -2.36. The zero-order valence-electron chi connectivity index (χ0n) is 12.9. The van der Waals surface area contributed by atoms with Crippen molar-refractivity contribution in [2.75, 3.05) is 44.4 Å². The minimum absolute atomic E-state index is 0.322. The minimum Gasteiger partial charge on any atom is -0.396 e. The summed E-state index contributed by atoms with van der Waals surface area (Å²) in [7, 11) is 0. The van der Waals surface area contributed by atoms with Crippen LogP contribution in [0.3, 0.4) is 0 Å². The molecule has 1 aromatic carbocycles. The Morgan fingerprint density at radius 3 is 2.43 bits per heavy atom. The van der Waals surface area contributed by atoms with Crippen LogP contribution in [0.5, 0.6) is 0 Å². The molecule has 0 aromatic heterocycles. The van der Waals surface area contributed by atoms with Crippen LogP contribution < -0.4 is 10.2 Å². The van der Waals surface area contributed by atoms with Gasteiger partial charge in [0.2, 0.25) is 0 Å². The molecular weight excluding hydrogens is 264 g/mol. The Hall–Kier alpha value is -1.10. The standard InChI is InChI=1S/C17H28N2O2/c20-12-4-2-1-3-9-18-15-16-5-7-17(8-6-16)19-10-13-21-14-11-19/h5-8,18,20H,1-4,9-15H2. The van der Waals surface area contributed by atoms with E-state index >= 15 is 0 Å². The Labute approximate surface area is 128 Å². The molecule has 1 heterocycles. The zero-order valence-corrected chi connectivity index (χ0v) is 12.9. The fourth-order valence-electron chi connectivity index (χ4n) is 2.59. The molecule has 0 unspecified atom stereocenters. The molecule has 0 radical (unpaired) electrons. The smallest absolute Gasteiger partial charge is 0.0642 e. The van der Waals surface area contributed by atoms with Crippen molar-refractivity contribution in [2.24, 2.45) is 0 Å². The Bertz CT molecular complexity index is 375. The first-order valence-corrected chi connectivity index (χ1v) is 8.13. The molecular formula is C17H28N2O2. The molecule has 0 bridgehead atoms. The Morgan fingerprint density at radius 2 is 1.71 bits per heavy atom. The van der Waals surface area contributed by atoms with Crippen LogP contribution in [-0.2, 0) is 11.3 Å². The van der Waals surface area contributed by atoms with E-state index in [0.717, 1.165) is 52.2 Å². The van der Waals surface area contributed by atoms with Crippen LogP contribution in [0.4, 0.5) is 5.69 Å². The highest BCUT2D eigenvalue weighted by atomic mass is 16.5. The summed E-state index contributed by atoms with van der Waals surface area (Å²) < 4.78 is 5.38. The van der Waals surface area contributed by atoms with E-state index in [9.17, 15) is 0 Å². The fraction of sp³-hybridized carbons (Fsp3) is 0.647. The summed E-state index contributed by atoms with van der Waals surface area (Å²) in [6.07, 6.45) is 4.45. The van der Waals surface area contributed by atoms with Crippen LogP contribution in [0.25, 0.3) is 0 Å². The lowest BCUT2D eigenvalue weighted by molar-refractivity contribution is 0.122. The molecule has 1 aromatic rings. The van der Waals surface area contributed by atoms with Crippen LogP contribution in [-0.4, -0.2) is 44.6 Å². The van der Waals surface area contributed by atoms with E-state index in [1.165, 1.54) is 24.1 Å². The largest absolute Gasteiger partial charge is 0.396 e. The number of nitrogens with zero attached hydrogens (tertiary/aromatic N) is 1. The third kappa shape index (κ3) is 6.04. The maximum absolute atomic E-state index is 8.71. The van der Waals surface area contributed by atoms with Gasteiger partial charge in [0.25, 0.3) is 0 Å². The number of rotatable bonds is 9. The van der Waals surface area contributed by atoms with Gasteiger partial charge in [0.15, 0.2) is 0 Å². The second-order valence-corrected chi connectivity index (χ2v) is 5.58. The van der Waals surface area contributed by atoms with Crippen LogP contribution >= 0.6 is 0 Å². The van der Waals surface area contributed by atoms with E-state index in [4.69, 9.17) is 9.84 Å². The number of aliphatic hydroxyl groups is 1. The first-order valence-electron chi connectivity index (χ1n) is 8.13. The monoisotopic (exact) mass is 292 g/mol. The number of hydrogen-bond donors (Lipinski definition) is 2. The van der Waals surface area contributed by atoms with Crippen LogP contribution in [0.2, 0.25) is 0 Å². The summed E-state index contributed by atoms with van der Waals surface area (Å²) in [6, 6.07) is 8.85. The predicted octanol–water partition coefficient (Wildman–Crippen LogP) is 2.17. The van der Waals surface area contributed by atoms with E-state index in [1.807, 2.05) is 0 Å². The number of morpholine rings is 1. The zero-order chi connectivity index (χ0) is 14.8. The van der Waals surface area contributed by atoms with Gasteiger partial charge in [-0.3, -0.25) is 0 Å². The maximum Gasteiger partial charge on any atom is 0.0642 e. The molecule has 1 fully saturated rings. The predicted molar refractivity (Wildman–Crippen MR) is 86.7 cm³/mol. The van der Waals surface area contributed by atoms with Crippen molar-refractivity contribution >= 4 is 5.69 Å². The minimum atomic E-state index is 0.322. The average molecular weight is 292 g/mol. The molecule has 0 spiro atoms. The topological polar surface area (TPSA) is 44.7 Å². The summed E-state index contributed by atoms with van der Waals surface area (Å²) in [5, 5.41) is 12.2. The summed E-state index contributed by atoms with van der Waals surface area (Å²) in [5.41, 5.74) is 2.63. The molecule has 1 aliphatic rings. The maximum atomic E-state index is 8.71. The second-order valence-electron chi connectivity index (χ2n) is 5.58. The van der Waals surface area contributed by atoms with Crippen molar-refractivity contribution in [3.05, 3.63) is 29.8 Å². The molecule has 21 heavy (non-hydrogen) atoms. The van der Waals surface area contributed by atoms with Gasteiger partial charge in [-0.2, -0.15) is 0 Å². The number of benzene rings is 1. The number of aliphatic hydroxyl groups excluding tert-OH is 1. The van der Waals surface area contributed by atoms with Gasteiger partial charge < -0.3 is 20.1 Å². The van der Waals surface area contributed by atoms with Gasteiger partial charge in [0.1, 0.15) is 0 Å². The number of hydrogen-bond acceptors (Lipinski definition) is 4. The van der Waals surface area contributed by atoms with Gasteiger partial charge in [-0.25, -0.2) is 0 Å². The second kappa shape index (κ2) is 9.77. The van der Waals surface area contributed by atoms with Gasteiger partial charge in [-0.1, -0.05) is 25.0 Å². The molecule has 4 nitrogen and oxygen atoms in total. The summed E-state index contributed by atoms with van der Waals surface area (Å²) in [4.78, 5) is 2.38. The highest BCUT2D eigenvalue weighted by Gasteiger charge is 2.10. The SMILES string of the molecule is OCCCCCCNCc1ccc(N2CCOCC2)cc1. The van der Waals surface area contributed by atoms with Crippen molar-refractivity contribution in [1.29, 1.82) is 0 Å². The van der Waals surface area contributed by atoms with E-state index in [2.05, 4.69) is 34.5 Å². The van der Waals surface area contributed by atoms with Gasteiger partial charge >= 0.3 is 0 Å². The van der Waals surface area contributed by atoms with Crippen LogP contribution in [0.15, 0.2) is 24.3 Å². The average Bonchev–Trinajstić information content (AvgIpc) is 2.55. The third-order valence-electron chi connectivity index (χ3n) is 3.90. The summed E-state index contributed by atoms with van der Waals surface area (Å²) in [5.74, 6) is 0. The summed E-state index contributed by atoms with van der Waals surface area (Å²) >= 11 is 0. The molecule has 0 atom stereocenters. The molecule has 2 N–H and O–H groups in total. The number of unbranched alkanes of at least 4 members (excludes halogenated alkanes) is 3. The van der Waals surface area contributed by atoms with Gasteiger partial charge in [-0.15, -0.1) is 0 Å². The van der Waals surface area contributed by atoms with Crippen molar-refractivity contribution in [2.45, 2.75) is 32.2 Å². The Kier molecular flexibility index (Phi) is 7.57. The molecule has 0 amide bonds. The Balaban J connectivity index is 1.63. The lowest BCUT2D eigenvalue weighted by atomic mass is 10.1. The van der Waals surface area contributed by atoms with Crippen molar-refractivity contribution in [3.63, 3.8) is 0 Å². The first kappa shape index (κ1) is 16.3. The molecule has 2 rings (SSSR count). The molecule has 0 saturated carbocycles. The molecule has 1 aliphatic heterocycles. The van der Waals surface area contributed by atoms with E-state index in [-0.39, 0.29) is 0 Å². The van der Waals surface area contributed by atoms with Crippen LogP contribution in [0, 0.1) is 0 Å². The molecule has 1 saturated heterocycles. The van der Waals surface area contributed by atoms with Crippen LogP contribution in [0.1, 0.15) is 31.2 Å². The number of ether oxygens (including phenoxy) is 1. The van der Waals surface area contributed by atoms with E-state index < -0.39 is 0 Å². The van der Waals surface area contributed by atoms with E-state index in [1.54, 1.807) is 0 Å². The fourth-order valence-corrected chi connectivity index (χ4v) is 2.59. The Morgan fingerprint density at radius 1 is 1.00 bits per heavy atom.